The molecular formula is C22H25N3O2. The van der Waals surface area contributed by atoms with Crippen LogP contribution < -0.4 is 4.90 Å². The van der Waals surface area contributed by atoms with Gasteiger partial charge in [-0.05, 0) is 48.7 Å². The van der Waals surface area contributed by atoms with Crippen molar-refractivity contribution in [3.8, 4) is 0 Å². The first-order valence-electron chi connectivity index (χ1n) is 9.54. The van der Waals surface area contributed by atoms with Crippen LogP contribution in [0.4, 0.5) is 5.69 Å². The average Bonchev–Trinajstić information content (AvgIpc) is 3.11. The van der Waals surface area contributed by atoms with Gasteiger partial charge in [0.25, 0.3) is 0 Å². The molecule has 1 aliphatic heterocycles. The predicted octanol–water partition coefficient (Wildman–Crippen LogP) is 3.67. The van der Waals surface area contributed by atoms with Gasteiger partial charge >= 0.3 is 5.97 Å². The first kappa shape index (κ1) is 17.6. The molecule has 0 aliphatic carbocycles. The number of ether oxygens (including phenoxy) is 1. The minimum Gasteiger partial charge on any atom is -0.462 e. The first-order chi connectivity index (χ1) is 13.2. The zero-order valence-electron chi connectivity index (χ0n) is 15.6. The monoisotopic (exact) mass is 363 g/mol. The van der Waals surface area contributed by atoms with Gasteiger partial charge in [-0.1, -0.05) is 18.2 Å². The topological polar surface area (TPSA) is 48.6 Å². The van der Waals surface area contributed by atoms with Crippen molar-refractivity contribution in [3.63, 3.8) is 0 Å². The van der Waals surface area contributed by atoms with Crippen LogP contribution in [0.25, 0.3) is 10.9 Å². The summed E-state index contributed by atoms with van der Waals surface area (Å²) in [5.41, 5.74) is 4.24. The molecule has 5 heteroatoms. The molecular weight excluding hydrogens is 338 g/mol. The van der Waals surface area contributed by atoms with Gasteiger partial charge in [-0.25, -0.2) is 4.79 Å². The highest BCUT2D eigenvalue weighted by Gasteiger charge is 2.18. The Labute approximate surface area is 159 Å². The molecule has 140 valence electrons. The Balaban J connectivity index is 1.33. The molecule has 0 bridgehead atoms. The van der Waals surface area contributed by atoms with E-state index in [2.05, 4.69) is 45.1 Å². The standard InChI is InChI=1S/C22H25N3O2/c1-2-27-22(26)17-7-9-20(10-8-17)25-13-11-24(12-14-25)16-19-15-18-5-3-4-6-21(18)23-19/h3-10,15,23H,2,11-14,16H2,1H3. The van der Waals surface area contributed by atoms with Gasteiger partial charge in [0, 0.05) is 49.6 Å². The molecule has 0 saturated carbocycles. The Hall–Kier alpha value is -2.79. The fourth-order valence-electron chi connectivity index (χ4n) is 3.65. The molecule has 0 amide bonds. The average molecular weight is 363 g/mol. The molecule has 5 nitrogen and oxygen atoms in total. The van der Waals surface area contributed by atoms with E-state index < -0.39 is 0 Å². The third-order valence-corrected chi connectivity index (χ3v) is 5.10. The van der Waals surface area contributed by atoms with Crippen LogP contribution in [0.1, 0.15) is 23.0 Å². The van der Waals surface area contributed by atoms with E-state index in [1.807, 2.05) is 31.2 Å². The lowest BCUT2D eigenvalue weighted by molar-refractivity contribution is 0.0526. The molecule has 0 spiro atoms. The number of carbonyl (C=O) groups is 1. The van der Waals surface area contributed by atoms with Gasteiger partial charge < -0.3 is 14.6 Å². The first-order valence-corrected chi connectivity index (χ1v) is 9.54. The van der Waals surface area contributed by atoms with E-state index in [-0.39, 0.29) is 5.97 Å². The van der Waals surface area contributed by atoms with Crippen LogP contribution in [-0.2, 0) is 11.3 Å². The smallest absolute Gasteiger partial charge is 0.338 e. The number of nitrogens with zero attached hydrogens (tertiary/aromatic N) is 2. The van der Waals surface area contributed by atoms with Crippen molar-refractivity contribution in [1.82, 2.24) is 9.88 Å². The Bertz CT molecular complexity index is 876. The van der Waals surface area contributed by atoms with Crippen LogP contribution >= 0.6 is 0 Å². The van der Waals surface area contributed by atoms with E-state index in [0.717, 1.165) is 38.4 Å². The van der Waals surface area contributed by atoms with E-state index in [9.17, 15) is 4.79 Å². The lowest BCUT2D eigenvalue weighted by atomic mass is 10.1. The summed E-state index contributed by atoms with van der Waals surface area (Å²) in [4.78, 5) is 20.1. The molecule has 3 aromatic rings. The molecule has 1 saturated heterocycles. The van der Waals surface area contributed by atoms with Crippen molar-refractivity contribution in [3.05, 3.63) is 65.9 Å². The quantitative estimate of drug-likeness (QED) is 0.703. The number of nitrogens with one attached hydrogen (secondary N) is 1. The molecule has 2 heterocycles. The molecule has 1 N–H and O–H groups in total. The highest BCUT2D eigenvalue weighted by Crippen LogP contribution is 2.20. The second-order valence-corrected chi connectivity index (χ2v) is 6.91. The second kappa shape index (κ2) is 7.84. The molecule has 2 aromatic carbocycles. The van der Waals surface area contributed by atoms with Crippen molar-refractivity contribution in [1.29, 1.82) is 0 Å². The van der Waals surface area contributed by atoms with Crippen molar-refractivity contribution in [2.45, 2.75) is 13.5 Å². The number of esters is 1. The molecule has 0 radical (unpaired) electrons. The van der Waals surface area contributed by atoms with Crippen molar-refractivity contribution >= 4 is 22.6 Å². The summed E-state index contributed by atoms with van der Waals surface area (Å²) >= 11 is 0. The normalized spacial score (nSPS) is 15.2. The van der Waals surface area contributed by atoms with Crippen LogP contribution in [0, 0.1) is 0 Å². The van der Waals surface area contributed by atoms with Gasteiger partial charge in [0.15, 0.2) is 0 Å². The van der Waals surface area contributed by atoms with E-state index >= 15 is 0 Å². The minimum atomic E-state index is -0.257. The molecule has 1 fully saturated rings. The van der Waals surface area contributed by atoms with Crippen LogP contribution in [0.2, 0.25) is 0 Å². The Kier molecular flexibility index (Phi) is 5.12. The number of hydrogen-bond acceptors (Lipinski definition) is 4. The van der Waals surface area contributed by atoms with Gasteiger partial charge in [0.05, 0.1) is 12.2 Å². The largest absolute Gasteiger partial charge is 0.462 e. The Morgan fingerprint density at radius 3 is 2.48 bits per heavy atom. The van der Waals surface area contributed by atoms with Crippen molar-refractivity contribution < 1.29 is 9.53 Å². The highest BCUT2D eigenvalue weighted by molar-refractivity contribution is 5.89. The number of rotatable bonds is 5. The summed E-state index contributed by atoms with van der Waals surface area (Å²) in [7, 11) is 0. The molecule has 4 rings (SSSR count). The van der Waals surface area contributed by atoms with Crippen molar-refractivity contribution in [2.24, 2.45) is 0 Å². The lowest BCUT2D eigenvalue weighted by Gasteiger charge is -2.36. The molecule has 1 aromatic heterocycles. The maximum Gasteiger partial charge on any atom is 0.338 e. The number of aromatic nitrogens is 1. The minimum absolute atomic E-state index is 0.257. The van der Waals surface area contributed by atoms with Gasteiger partial charge in [-0.2, -0.15) is 0 Å². The fraction of sp³-hybridized carbons (Fsp3) is 0.318. The summed E-state index contributed by atoms with van der Waals surface area (Å²) in [6.45, 7) is 7.19. The van der Waals surface area contributed by atoms with Crippen LogP contribution in [0.15, 0.2) is 54.6 Å². The summed E-state index contributed by atoms with van der Waals surface area (Å²) in [5.74, 6) is -0.257. The predicted molar refractivity (Wildman–Crippen MR) is 108 cm³/mol. The number of fused-ring (bicyclic) bond motifs is 1. The van der Waals surface area contributed by atoms with Gasteiger partial charge in [0.2, 0.25) is 0 Å². The molecule has 0 unspecified atom stereocenters. The number of para-hydroxylation sites is 1. The van der Waals surface area contributed by atoms with Crippen LogP contribution in [-0.4, -0.2) is 48.6 Å². The van der Waals surface area contributed by atoms with Gasteiger partial charge in [0.1, 0.15) is 0 Å². The van der Waals surface area contributed by atoms with Crippen LogP contribution in [0.5, 0.6) is 0 Å². The number of anilines is 1. The van der Waals surface area contributed by atoms with E-state index in [4.69, 9.17) is 4.74 Å². The third kappa shape index (κ3) is 3.98. The fourth-order valence-corrected chi connectivity index (χ4v) is 3.65. The molecule has 1 aliphatic rings. The second-order valence-electron chi connectivity index (χ2n) is 6.91. The van der Waals surface area contributed by atoms with Gasteiger partial charge in [-0.15, -0.1) is 0 Å². The Morgan fingerprint density at radius 1 is 1.04 bits per heavy atom. The van der Waals surface area contributed by atoms with E-state index in [1.165, 1.54) is 16.6 Å². The zero-order chi connectivity index (χ0) is 18.6. The summed E-state index contributed by atoms with van der Waals surface area (Å²) < 4.78 is 5.04. The number of H-pyrrole nitrogens is 1. The van der Waals surface area contributed by atoms with Gasteiger partial charge in [-0.3, -0.25) is 4.90 Å². The molecule has 0 atom stereocenters. The SMILES string of the molecule is CCOC(=O)c1ccc(N2CCN(Cc3cc4ccccc4[nH]3)CC2)cc1. The number of aromatic amines is 1. The maximum atomic E-state index is 11.8. The highest BCUT2D eigenvalue weighted by atomic mass is 16.5. The zero-order valence-corrected chi connectivity index (χ0v) is 15.6. The van der Waals surface area contributed by atoms with E-state index in [0.29, 0.717) is 12.2 Å². The van der Waals surface area contributed by atoms with E-state index in [1.54, 1.807) is 0 Å². The van der Waals surface area contributed by atoms with Crippen LogP contribution in [0.3, 0.4) is 0 Å². The Morgan fingerprint density at radius 2 is 1.78 bits per heavy atom. The number of carbonyl (C=O) groups excluding carboxylic acids is 1. The van der Waals surface area contributed by atoms with Crippen molar-refractivity contribution in [2.75, 3.05) is 37.7 Å². The third-order valence-electron chi connectivity index (χ3n) is 5.10. The number of hydrogen-bond donors (Lipinski definition) is 1. The summed E-state index contributed by atoms with van der Waals surface area (Å²) in [5, 5.41) is 1.27. The maximum absolute atomic E-state index is 11.8. The number of piperazine rings is 1. The summed E-state index contributed by atoms with van der Waals surface area (Å²) in [6.07, 6.45) is 0. The molecule has 27 heavy (non-hydrogen) atoms. The summed E-state index contributed by atoms with van der Waals surface area (Å²) in [6, 6.07) is 18.4. The number of benzene rings is 2. The lowest BCUT2D eigenvalue weighted by Crippen LogP contribution is -2.46.